The number of nitrogens with two attached hydrogens (primary N) is 2. The van der Waals surface area contributed by atoms with Crippen LogP contribution in [0.4, 0.5) is 13.2 Å². The first-order valence-electron chi connectivity index (χ1n) is 2.44. The molecule has 4 N–H and O–H groups in total. The van der Waals surface area contributed by atoms with Gasteiger partial charge in [-0.05, 0) is 0 Å². The maximum atomic E-state index is 11.4. The molecule has 1 amide bonds. The van der Waals surface area contributed by atoms with Gasteiger partial charge in [0.15, 0.2) is 0 Å². The zero-order valence-electron chi connectivity index (χ0n) is 5.39. The van der Waals surface area contributed by atoms with Crippen LogP contribution in [0, 0.1) is 0 Å². The van der Waals surface area contributed by atoms with Crippen LogP contribution < -0.4 is 11.5 Å². The molecule has 0 heterocycles. The summed E-state index contributed by atoms with van der Waals surface area (Å²) in [6.45, 7) is 0. The van der Waals surface area contributed by atoms with Crippen molar-refractivity contribution >= 4 is 18.3 Å². The molecule has 0 aromatic heterocycles. The molecule has 0 saturated heterocycles. The highest BCUT2D eigenvalue weighted by molar-refractivity contribution is 5.85. The summed E-state index contributed by atoms with van der Waals surface area (Å²) in [5.41, 5.74) is 9.19. The Hall–Kier alpha value is -0.490. The van der Waals surface area contributed by atoms with Gasteiger partial charge in [0, 0.05) is 0 Å². The standard InChI is InChI=1S/C4H7F3N2O.ClH/c5-4(6,7)1-2(8)3(9)10;/h2H,1,8H2,(H2,9,10);1H/t2-;/m0./s1. The largest absolute Gasteiger partial charge is 0.391 e. The smallest absolute Gasteiger partial charge is 0.368 e. The Morgan fingerprint density at radius 1 is 1.45 bits per heavy atom. The molecule has 0 aliphatic carbocycles. The highest BCUT2D eigenvalue weighted by atomic mass is 35.5. The third-order valence-corrected chi connectivity index (χ3v) is 0.817. The molecule has 0 aromatic rings. The molecule has 0 fully saturated rings. The minimum atomic E-state index is -4.42. The molecule has 1 atom stereocenters. The molecular weight excluding hydrogens is 185 g/mol. The third kappa shape index (κ3) is 7.41. The minimum absolute atomic E-state index is 0. The van der Waals surface area contributed by atoms with E-state index >= 15 is 0 Å². The summed E-state index contributed by atoms with van der Waals surface area (Å²) in [6.07, 6.45) is -5.78. The fourth-order valence-electron chi connectivity index (χ4n) is 0.350. The molecule has 0 bridgehead atoms. The van der Waals surface area contributed by atoms with E-state index in [1.54, 1.807) is 0 Å². The molecule has 3 nitrogen and oxygen atoms in total. The number of carbonyl (C=O) groups is 1. The Bertz CT molecular complexity index is 138. The zero-order chi connectivity index (χ0) is 8.36. The van der Waals surface area contributed by atoms with Crippen LogP contribution in [0.3, 0.4) is 0 Å². The third-order valence-electron chi connectivity index (χ3n) is 0.817. The predicted molar refractivity (Wildman–Crippen MR) is 35.1 cm³/mol. The van der Waals surface area contributed by atoms with Gasteiger partial charge in [0.2, 0.25) is 5.91 Å². The van der Waals surface area contributed by atoms with E-state index in [2.05, 4.69) is 5.73 Å². The summed E-state index contributed by atoms with van der Waals surface area (Å²) in [4.78, 5) is 9.97. The van der Waals surface area contributed by atoms with Crippen molar-refractivity contribution in [1.29, 1.82) is 0 Å². The molecule has 7 heteroatoms. The van der Waals surface area contributed by atoms with Crippen LogP contribution in [0.15, 0.2) is 0 Å². The van der Waals surface area contributed by atoms with Crippen LogP contribution in [0.5, 0.6) is 0 Å². The van der Waals surface area contributed by atoms with Crippen LogP contribution in [0.2, 0.25) is 0 Å². The number of primary amides is 1. The van der Waals surface area contributed by atoms with E-state index in [0.717, 1.165) is 0 Å². The van der Waals surface area contributed by atoms with Crippen molar-refractivity contribution in [3.05, 3.63) is 0 Å². The molecule has 0 aliphatic rings. The van der Waals surface area contributed by atoms with Crippen molar-refractivity contribution < 1.29 is 18.0 Å². The second-order valence-electron chi connectivity index (χ2n) is 1.83. The molecule has 0 radical (unpaired) electrons. The maximum absolute atomic E-state index is 11.4. The lowest BCUT2D eigenvalue weighted by atomic mass is 10.2. The lowest BCUT2D eigenvalue weighted by Gasteiger charge is -2.09. The van der Waals surface area contributed by atoms with Crippen molar-refractivity contribution in [2.75, 3.05) is 0 Å². The lowest BCUT2D eigenvalue weighted by Crippen LogP contribution is -2.39. The first-order valence-corrected chi connectivity index (χ1v) is 2.44. The SMILES string of the molecule is Cl.NC(=O)[C@@H](N)CC(F)(F)F. The van der Waals surface area contributed by atoms with E-state index in [1.165, 1.54) is 0 Å². The van der Waals surface area contributed by atoms with E-state index in [0.29, 0.717) is 0 Å². The number of hydrogen-bond donors (Lipinski definition) is 2. The van der Waals surface area contributed by atoms with Crippen LogP contribution in [0.1, 0.15) is 6.42 Å². The van der Waals surface area contributed by atoms with Crippen molar-refractivity contribution in [2.45, 2.75) is 18.6 Å². The molecule has 0 saturated carbocycles. The van der Waals surface area contributed by atoms with E-state index < -0.39 is 24.5 Å². The second-order valence-corrected chi connectivity index (χ2v) is 1.83. The first-order chi connectivity index (χ1) is 4.33. The number of carbonyl (C=O) groups excluding carboxylic acids is 1. The van der Waals surface area contributed by atoms with Gasteiger partial charge in [0.05, 0.1) is 12.5 Å². The number of halogens is 4. The monoisotopic (exact) mass is 192 g/mol. The minimum Gasteiger partial charge on any atom is -0.368 e. The quantitative estimate of drug-likeness (QED) is 0.655. The Kier molecular flexibility index (Phi) is 5.25. The summed E-state index contributed by atoms with van der Waals surface area (Å²) in [5.74, 6) is -1.14. The molecule has 0 unspecified atom stereocenters. The molecule has 0 rings (SSSR count). The van der Waals surface area contributed by atoms with Gasteiger partial charge in [-0.15, -0.1) is 12.4 Å². The zero-order valence-corrected chi connectivity index (χ0v) is 6.21. The van der Waals surface area contributed by atoms with Crippen molar-refractivity contribution in [1.82, 2.24) is 0 Å². The number of amides is 1. The van der Waals surface area contributed by atoms with Crippen LogP contribution >= 0.6 is 12.4 Å². The summed E-state index contributed by atoms with van der Waals surface area (Å²) in [7, 11) is 0. The Morgan fingerprint density at radius 2 is 1.82 bits per heavy atom. The second kappa shape index (κ2) is 4.40. The van der Waals surface area contributed by atoms with E-state index in [1.807, 2.05) is 0 Å². The van der Waals surface area contributed by atoms with Gasteiger partial charge in [-0.25, -0.2) is 0 Å². The summed E-state index contributed by atoms with van der Waals surface area (Å²) < 4.78 is 34.1. The van der Waals surface area contributed by atoms with Gasteiger partial charge in [-0.1, -0.05) is 0 Å². The highest BCUT2D eigenvalue weighted by Gasteiger charge is 2.32. The predicted octanol–water partition coefficient (Wildman–Crippen LogP) is 0.173. The van der Waals surface area contributed by atoms with Gasteiger partial charge in [-0.3, -0.25) is 4.79 Å². The molecule has 0 aliphatic heterocycles. The van der Waals surface area contributed by atoms with Crippen LogP contribution in [-0.2, 0) is 4.79 Å². The number of hydrogen-bond acceptors (Lipinski definition) is 2. The maximum Gasteiger partial charge on any atom is 0.391 e. The van der Waals surface area contributed by atoms with E-state index in [4.69, 9.17) is 5.73 Å². The molecule has 68 valence electrons. The van der Waals surface area contributed by atoms with Gasteiger partial charge in [-0.2, -0.15) is 13.2 Å². The van der Waals surface area contributed by atoms with E-state index in [9.17, 15) is 18.0 Å². The van der Waals surface area contributed by atoms with Crippen LogP contribution in [0.25, 0.3) is 0 Å². The lowest BCUT2D eigenvalue weighted by molar-refractivity contribution is -0.145. The van der Waals surface area contributed by atoms with Gasteiger partial charge in [0.1, 0.15) is 0 Å². The fraction of sp³-hybridized carbons (Fsp3) is 0.750. The number of rotatable bonds is 2. The fourth-order valence-corrected chi connectivity index (χ4v) is 0.350. The molecule has 0 aromatic carbocycles. The Morgan fingerprint density at radius 3 is 1.91 bits per heavy atom. The average molecular weight is 193 g/mol. The van der Waals surface area contributed by atoms with Gasteiger partial charge >= 0.3 is 6.18 Å². The summed E-state index contributed by atoms with van der Waals surface area (Å²) >= 11 is 0. The topological polar surface area (TPSA) is 69.1 Å². The van der Waals surface area contributed by atoms with Gasteiger partial charge < -0.3 is 11.5 Å². The molecular formula is C4H8ClF3N2O. The van der Waals surface area contributed by atoms with Crippen molar-refractivity contribution in [3.63, 3.8) is 0 Å². The average Bonchev–Trinajstić information content (AvgIpc) is 1.60. The number of alkyl halides is 3. The highest BCUT2D eigenvalue weighted by Crippen LogP contribution is 2.20. The van der Waals surface area contributed by atoms with E-state index in [-0.39, 0.29) is 12.4 Å². The van der Waals surface area contributed by atoms with Gasteiger partial charge in [0.25, 0.3) is 0 Å². The normalized spacial score (nSPS) is 13.5. The first kappa shape index (κ1) is 13.1. The Balaban J connectivity index is 0. The van der Waals surface area contributed by atoms with Crippen molar-refractivity contribution in [3.8, 4) is 0 Å². The Labute approximate surface area is 67.3 Å². The molecule has 0 spiro atoms. The molecule has 11 heavy (non-hydrogen) atoms. The van der Waals surface area contributed by atoms with Crippen LogP contribution in [-0.4, -0.2) is 18.1 Å². The summed E-state index contributed by atoms with van der Waals surface area (Å²) in [5, 5.41) is 0. The van der Waals surface area contributed by atoms with Crippen molar-refractivity contribution in [2.24, 2.45) is 11.5 Å². The summed E-state index contributed by atoms with van der Waals surface area (Å²) in [6, 6.07) is -1.62.